The van der Waals surface area contributed by atoms with E-state index >= 15 is 0 Å². The third-order valence-electron chi connectivity index (χ3n) is 0. The molecule has 0 spiro atoms. The summed E-state index contributed by atoms with van der Waals surface area (Å²) in [6.07, 6.45) is 1.72. The van der Waals surface area contributed by atoms with Gasteiger partial charge in [-0.2, -0.15) is 0 Å². The smallest absolute Gasteiger partial charge is 0.0647 e. The summed E-state index contributed by atoms with van der Waals surface area (Å²) in [6.45, 7) is 0. The summed E-state index contributed by atoms with van der Waals surface area (Å²) in [5, 5.41) is 0. The molecule has 0 nitrogen and oxygen atoms in total. The number of hydrogen-bond donors (Lipinski definition) is 0. The summed E-state index contributed by atoms with van der Waals surface area (Å²) in [7, 11) is -1.45. The van der Waals surface area contributed by atoms with Crippen LogP contribution in [0.5, 0.6) is 0 Å². The zero-order valence-electron chi connectivity index (χ0n) is 4.22. The van der Waals surface area contributed by atoms with Crippen LogP contribution in [-0.4, -0.2) is 8.50 Å². The fourth-order valence-corrected chi connectivity index (χ4v) is 0. The van der Waals surface area contributed by atoms with Gasteiger partial charge in [-0.3, -0.25) is 11.2 Å². The van der Waals surface area contributed by atoms with Gasteiger partial charge >= 0.3 is 0 Å². The third kappa shape index (κ3) is 12.7. The van der Waals surface area contributed by atoms with E-state index in [1.807, 2.05) is 0 Å². The molecular weight excluding hydrogens is 108 g/mol. The summed E-state index contributed by atoms with van der Waals surface area (Å²) in [5.74, 6) is 0. The first kappa shape index (κ1) is 2.16. The number of hydrogen-bond acceptors (Lipinski definition) is 2. The average molecular weight is 117 g/mol. The van der Waals surface area contributed by atoms with Crippen LogP contribution in [-0.2, 0) is 30.2 Å². The van der Waals surface area contributed by atoms with E-state index in [1.165, 1.54) is 0 Å². The topological polar surface area (TPSA) is 0 Å². The lowest BCUT2D eigenvalue weighted by Crippen LogP contribution is -1.47. The van der Waals surface area contributed by atoms with Gasteiger partial charge in [-0.05, 0) is 0 Å². The van der Waals surface area contributed by atoms with Crippen LogP contribution in [0.2, 0.25) is 0 Å². The fourth-order valence-electron chi connectivity index (χ4n) is 0. The maximum Gasteiger partial charge on any atom is 0.0647 e. The first-order chi connectivity index (χ1) is 2.64. The van der Waals surface area contributed by atoms with Gasteiger partial charge in [0.2, 0.25) is 0 Å². The van der Waals surface area contributed by atoms with Gasteiger partial charge in [-0.15, -0.1) is 6.26 Å². The van der Waals surface area contributed by atoms with Crippen molar-refractivity contribution in [1.29, 1.82) is 2.25 Å². The minimum Gasteiger partial charge on any atom is -0.391 e. The van der Waals surface area contributed by atoms with Gasteiger partial charge in [0.1, 0.15) is 0 Å². The molecule has 0 aliphatic rings. The van der Waals surface area contributed by atoms with Gasteiger partial charge < -0.3 is 19.0 Å². The molecule has 0 aromatic rings. The van der Waals surface area contributed by atoms with Crippen molar-refractivity contribution >= 4 is 30.2 Å². The van der Waals surface area contributed by atoms with Gasteiger partial charge in [-0.1, -0.05) is 0 Å². The van der Waals surface area contributed by atoms with Crippen molar-refractivity contribution in [3.05, 3.63) is 0 Å². The molecule has 0 atom stereocenters. The van der Waals surface area contributed by atoms with Gasteiger partial charge in [-0.25, -0.2) is 0 Å². The van der Waals surface area contributed by atoms with E-state index in [2.05, 4.69) is 11.2 Å². The molecule has 0 aliphatic heterocycles. The van der Waals surface area contributed by atoms with E-state index in [0.29, 0.717) is 0 Å². The molecule has 0 saturated carbocycles. The Labute approximate surface area is 39.2 Å². The highest BCUT2D eigenvalue weighted by Gasteiger charge is 1.12. The molecule has 0 fully saturated rings. The maximum atomic E-state index is 6.64. The average Bonchev–Trinajstić information content (AvgIpc) is 1.36. The van der Waals surface area contributed by atoms with Gasteiger partial charge in [0.05, 0.1) is 2.25 Å². The van der Waals surface area contributed by atoms with Crippen LogP contribution in [0.4, 0.5) is 0 Å². The molecule has 0 aliphatic carbocycles. The zero-order valence-corrected chi connectivity index (χ0v) is 4.67. The Morgan fingerprint density at radius 3 is 2.75 bits per heavy atom. The summed E-state index contributed by atoms with van der Waals surface area (Å²) >= 11 is 4.57. The maximum absolute atomic E-state index is 6.64. The molecular formula is CH5S3-. The van der Waals surface area contributed by atoms with E-state index in [9.17, 15) is 0 Å². The summed E-state index contributed by atoms with van der Waals surface area (Å²) in [4.78, 5) is 0. The highest BCUT2D eigenvalue weighted by molar-refractivity contribution is 8.46. The first-order valence-electron chi connectivity index (χ1n) is 1.56. The lowest BCUT2D eigenvalue weighted by atomic mass is 12.0. The molecule has 0 aromatic heterocycles. The summed E-state index contributed by atoms with van der Waals surface area (Å²) < 4.78 is 13.3. The molecule has 0 aromatic carbocycles. The van der Waals surface area contributed by atoms with Crippen LogP contribution in [0.25, 0.3) is 0 Å². The Morgan fingerprint density at radius 1 is 2.50 bits per heavy atom. The summed E-state index contributed by atoms with van der Waals surface area (Å²) in [6, 6.07) is 0. The lowest BCUT2D eigenvalue weighted by Gasteiger charge is -1.72. The Kier molecular flexibility index (Phi) is 1.17. The standard InChI is InChI=1S/CH5S3/c1-4(2)3/h2H2,1H3/q-1/i2T2. The normalized spacial score (nSPS) is 16.8. The minimum absolute atomic E-state index is 0.423. The van der Waals surface area contributed by atoms with Gasteiger partial charge in [0.25, 0.3) is 0 Å². The third-order valence-corrected chi connectivity index (χ3v) is 0. The highest BCUT2D eigenvalue weighted by atomic mass is 33.1. The van der Waals surface area contributed by atoms with Crippen molar-refractivity contribution in [1.82, 2.24) is 0 Å². The SMILES string of the molecule is [3H]S([3H])=[S-](C)=S. The van der Waals surface area contributed by atoms with Crippen molar-refractivity contribution in [2.24, 2.45) is 0 Å². The Morgan fingerprint density at radius 2 is 2.75 bits per heavy atom. The summed E-state index contributed by atoms with van der Waals surface area (Å²) in [5.41, 5.74) is 0. The van der Waals surface area contributed by atoms with E-state index in [4.69, 9.17) is 2.25 Å². The molecule has 0 heterocycles. The fraction of sp³-hybridized carbons (Fsp3) is 1.00. The van der Waals surface area contributed by atoms with Crippen molar-refractivity contribution in [2.75, 3.05) is 6.26 Å². The molecule has 0 bridgehead atoms. The molecule has 4 heavy (non-hydrogen) atoms. The van der Waals surface area contributed by atoms with E-state index in [0.717, 1.165) is 0 Å². The van der Waals surface area contributed by atoms with Crippen molar-refractivity contribution in [3.8, 4) is 0 Å². The van der Waals surface area contributed by atoms with Crippen molar-refractivity contribution < 1.29 is 0 Å². The van der Waals surface area contributed by atoms with E-state index in [-0.39, 0.29) is 0 Å². The Bertz CT molecular complexity index is 106. The van der Waals surface area contributed by atoms with Crippen molar-refractivity contribution in [2.45, 2.75) is 0 Å². The Hall–Kier alpha value is 0.920. The van der Waals surface area contributed by atoms with E-state index in [1.54, 1.807) is 6.26 Å². The van der Waals surface area contributed by atoms with Crippen LogP contribution in [0.15, 0.2) is 0 Å². The zero-order chi connectivity index (χ0) is 5.15. The minimum atomic E-state index is -1.02. The second-order valence-corrected chi connectivity index (χ2v) is 4.84. The molecule has 0 unspecified atom stereocenters. The lowest BCUT2D eigenvalue weighted by molar-refractivity contribution is 2.54. The quantitative estimate of drug-likeness (QED) is 0.390. The van der Waals surface area contributed by atoms with Crippen LogP contribution in [0, 0.1) is 0 Å². The molecule has 0 amide bonds. The highest BCUT2D eigenvalue weighted by Crippen LogP contribution is 1.37. The molecule has 0 rings (SSSR count). The molecule has 3 heteroatoms. The predicted octanol–water partition coefficient (Wildman–Crippen LogP) is -0.377. The first-order valence-corrected chi connectivity index (χ1v) is 4.22. The molecule has 0 N–H and O–H groups in total. The van der Waals surface area contributed by atoms with Crippen LogP contribution in [0.1, 0.15) is 0 Å². The molecule has 28 valence electrons. The predicted molar refractivity (Wildman–Crippen MR) is 30.8 cm³/mol. The van der Waals surface area contributed by atoms with Gasteiger partial charge in [0, 0.05) is 0 Å². The monoisotopic (exact) mass is 117 g/mol. The molecule has 0 radical (unpaired) electrons. The van der Waals surface area contributed by atoms with Crippen LogP contribution in [0.3, 0.4) is 0 Å². The largest absolute Gasteiger partial charge is 0.391 e. The van der Waals surface area contributed by atoms with Crippen molar-refractivity contribution in [3.63, 3.8) is 0 Å². The second kappa shape index (κ2) is 2.18. The van der Waals surface area contributed by atoms with Crippen LogP contribution < -0.4 is 0 Å². The Balaban J connectivity index is 4.08. The van der Waals surface area contributed by atoms with Gasteiger partial charge in [0.15, 0.2) is 0 Å². The van der Waals surface area contributed by atoms with E-state index < -0.39 is 19.0 Å². The number of rotatable bonds is 0. The molecule has 0 saturated heterocycles. The van der Waals surface area contributed by atoms with Crippen LogP contribution >= 0.6 is 0 Å². The second-order valence-electron chi connectivity index (χ2n) is 0.401.